The molecule has 2 N–H and O–H groups in total. The minimum atomic E-state index is -1.01. The Kier molecular flexibility index (Phi) is 6.92. The van der Waals surface area contributed by atoms with E-state index >= 15 is 0 Å². The van der Waals surface area contributed by atoms with Crippen LogP contribution >= 0.6 is 0 Å². The number of benzene rings is 3. The van der Waals surface area contributed by atoms with Crippen molar-refractivity contribution in [2.24, 2.45) is 5.92 Å². The average molecular weight is 444 g/mol. The van der Waals surface area contributed by atoms with Crippen LogP contribution in [0.2, 0.25) is 0 Å². The summed E-state index contributed by atoms with van der Waals surface area (Å²) in [6, 6.07) is 11.1. The largest absolute Gasteiger partial charge is 0.345 e. The van der Waals surface area contributed by atoms with Crippen LogP contribution in [0.25, 0.3) is 0 Å². The number of amides is 2. The van der Waals surface area contributed by atoms with E-state index in [4.69, 9.17) is 0 Å². The standard InChI is InChI=1S/C24H20F4N2O2/c1-13(2)22(30-24(32)17-10-8-15(26)12-20(17)28)18-5-3-4-6-21(18)29-23(31)16-9-7-14(25)11-19(16)27/h3-13,22H,1-2H3,(H,29,31)(H,30,32). The molecule has 4 nitrogen and oxygen atoms in total. The average Bonchev–Trinajstić information content (AvgIpc) is 2.72. The molecule has 0 heterocycles. The summed E-state index contributed by atoms with van der Waals surface area (Å²) >= 11 is 0. The molecule has 0 saturated carbocycles. The number of para-hydroxylation sites is 1. The van der Waals surface area contributed by atoms with Crippen molar-refractivity contribution in [1.29, 1.82) is 0 Å². The van der Waals surface area contributed by atoms with Gasteiger partial charge in [0.15, 0.2) is 0 Å². The molecule has 1 unspecified atom stereocenters. The third kappa shape index (κ3) is 5.14. The van der Waals surface area contributed by atoms with Gasteiger partial charge in [-0.25, -0.2) is 17.6 Å². The van der Waals surface area contributed by atoms with Gasteiger partial charge < -0.3 is 10.6 Å². The van der Waals surface area contributed by atoms with Crippen LogP contribution in [-0.2, 0) is 0 Å². The lowest BCUT2D eigenvalue weighted by Gasteiger charge is -2.25. The Bertz CT molecular complexity index is 1160. The predicted octanol–water partition coefficient (Wildman–Crippen LogP) is 5.62. The summed E-state index contributed by atoms with van der Waals surface area (Å²) < 4.78 is 54.4. The molecule has 0 saturated heterocycles. The molecule has 3 aromatic carbocycles. The fourth-order valence-corrected chi connectivity index (χ4v) is 3.24. The molecule has 3 aromatic rings. The summed E-state index contributed by atoms with van der Waals surface area (Å²) in [5.74, 6) is -5.38. The highest BCUT2D eigenvalue weighted by molar-refractivity contribution is 6.05. The maximum atomic E-state index is 14.0. The second-order valence-corrected chi connectivity index (χ2v) is 7.48. The molecule has 8 heteroatoms. The molecule has 0 aliphatic carbocycles. The van der Waals surface area contributed by atoms with Crippen LogP contribution in [0.3, 0.4) is 0 Å². The van der Waals surface area contributed by atoms with Crippen LogP contribution < -0.4 is 10.6 Å². The molecule has 166 valence electrons. The van der Waals surface area contributed by atoms with Crippen LogP contribution in [0.15, 0.2) is 60.7 Å². The summed E-state index contributed by atoms with van der Waals surface area (Å²) in [4.78, 5) is 25.2. The first-order valence-corrected chi connectivity index (χ1v) is 9.78. The minimum absolute atomic E-state index is 0.192. The summed E-state index contributed by atoms with van der Waals surface area (Å²) in [6.07, 6.45) is 0. The molecule has 1 atom stereocenters. The zero-order chi connectivity index (χ0) is 23.4. The van der Waals surface area contributed by atoms with E-state index in [1.165, 1.54) is 0 Å². The van der Waals surface area contributed by atoms with E-state index in [0.29, 0.717) is 23.4 Å². The number of halogens is 4. The highest BCUT2D eigenvalue weighted by Crippen LogP contribution is 2.29. The molecule has 32 heavy (non-hydrogen) atoms. The van der Waals surface area contributed by atoms with Gasteiger partial charge in [-0.3, -0.25) is 9.59 Å². The molecule has 0 radical (unpaired) electrons. The van der Waals surface area contributed by atoms with E-state index in [1.807, 2.05) is 13.8 Å². The zero-order valence-corrected chi connectivity index (χ0v) is 17.3. The van der Waals surface area contributed by atoms with Crippen LogP contribution in [0.5, 0.6) is 0 Å². The lowest BCUT2D eigenvalue weighted by Crippen LogP contribution is -2.33. The molecule has 2 amide bonds. The second-order valence-electron chi connectivity index (χ2n) is 7.48. The van der Waals surface area contributed by atoms with Crippen LogP contribution in [0, 0.1) is 29.2 Å². The monoisotopic (exact) mass is 444 g/mol. The molecule has 0 spiro atoms. The van der Waals surface area contributed by atoms with Gasteiger partial charge in [0.25, 0.3) is 11.8 Å². The maximum Gasteiger partial charge on any atom is 0.258 e. The number of nitrogens with one attached hydrogen (secondary N) is 2. The van der Waals surface area contributed by atoms with E-state index in [1.54, 1.807) is 24.3 Å². The third-order valence-electron chi connectivity index (χ3n) is 4.85. The Hall–Kier alpha value is -3.68. The van der Waals surface area contributed by atoms with Crippen LogP contribution in [-0.4, -0.2) is 11.8 Å². The van der Waals surface area contributed by atoms with Gasteiger partial charge in [-0.05, 0) is 41.8 Å². The molecule has 0 fully saturated rings. The van der Waals surface area contributed by atoms with E-state index in [2.05, 4.69) is 10.6 Å². The van der Waals surface area contributed by atoms with Gasteiger partial charge in [-0.1, -0.05) is 32.0 Å². The first kappa shape index (κ1) is 23.0. The van der Waals surface area contributed by atoms with Gasteiger partial charge in [-0.2, -0.15) is 0 Å². The second kappa shape index (κ2) is 9.64. The number of carbonyl (C=O) groups is 2. The van der Waals surface area contributed by atoms with Crippen molar-refractivity contribution >= 4 is 17.5 Å². The number of hydrogen-bond donors (Lipinski definition) is 2. The van der Waals surface area contributed by atoms with Crippen molar-refractivity contribution in [2.75, 3.05) is 5.32 Å². The van der Waals surface area contributed by atoms with E-state index in [-0.39, 0.29) is 17.0 Å². The summed E-state index contributed by atoms with van der Waals surface area (Å²) in [5.41, 5.74) is 0.112. The van der Waals surface area contributed by atoms with Gasteiger partial charge in [0, 0.05) is 17.8 Å². The SMILES string of the molecule is CC(C)C(NC(=O)c1ccc(F)cc1F)c1ccccc1NC(=O)c1ccc(F)cc1F. The normalized spacial score (nSPS) is 11.8. The molecular weight excluding hydrogens is 424 g/mol. The summed E-state index contributed by atoms with van der Waals surface area (Å²) in [5, 5.41) is 5.28. The number of anilines is 1. The van der Waals surface area contributed by atoms with Gasteiger partial charge >= 0.3 is 0 Å². The van der Waals surface area contributed by atoms with Crippen molar-refractivity contribution in [1.82, 2.24) is 5.32 Å². The zero-order valence-electron chi connectivity index (χ0n) is 17.3. The fourth-order valence-electron chi connectivity index (χ4n) is 3.24. The smallest absolute Gasteiger partial charge is 0.258 e. The minimum Gasteiger partial charge on any atom is -0.345 e. The number of carbonyl (C=O) groups excluding carboxylic acids is 2. The van der Waals surface area contributed by atoms with E-state index in [0.717, 1.165) is 24.3 Å². The van der Waals surface area contributed by atoms with Gasteiger partial charge in [-0.15, -0.1) is 0 Å². The number of hydrogen-bond acceptors (Lipinski definition) is 2. The van der Waals surface area contributed by atoms with Crippen LogP contribution in [0.1, 0.15) is 46.2 Å². The van der Waals surface area contributed by atoms with Crippen molar-refractivity contribution < 1.29 is 27.2 Å². The lowest BCUT2D eigenvalue weighted by molar-refractivity contribution is 0.0921. The van der Waals surface area contributed by atoms with Crippen molar-refractivity contribution in [3.63, 3.8) is 0 Å². The highest BCUT2D eigenvalue weighted by Gasteiger charge is 2.24. The van der Waals surface area contributed by atoms with Gasteiger partial charge in [0.1, 0.15) is 23.3 Å². The molecule has 0 aliphatic heterocycles. The van der Waals surface area contributed by atoms with Gasteiger partial charge in [0.2, 0.25) is 0 Å². The maximum absolute atomic E-state index is 14.0. The molecular formula is C24H20F4N2O2. The van der Waals surface area contributed by atoms with Crippen molar-refractivity contribution in [3.8, 4) is 0 Å². The molecule has 0 bridgehead atoms. The van der Waals surface area contributed by atoms with Crippen molar-refractivity contribution in [3.05, 3.63) is 101 Å². The summed E-state index contributed by atoms with van der Waals surface area (Å²) in [7, 11) is 0. The third-order valence-corrected chi connectivity index (χ3v) is 4.85. The first-order valence-electron chi connectivity index (χ1n) is 9.78. The Morgan fingerprint density at radius 3 is 1.81 bits per heavy atom. The molecule has 0 aromatic heterocycles. The topological polar surface area (TPSA) is 58.2 Å². The lowest BCUT2D eigenvalue weighted by atomic mass is 9.94. The van der Waals surface area contributed by atoms with E-state index in [9.17, 15) is 27.2 Å². The molecule has 0 aliphatic rings. The fraction of sp³-hybridized carbons (Fsp3) is 0.167. The van der Waals surface area contributed by atoms with Gasteiger partial charge in [0.05, 0.1) is 17.2 Å². The highest BCUT2D eigenvalue weighted by atomic mass is 19.1. The predicted molar refractivity (Wildman–Crippen MR) is 112 cm³/mol. The Morgan fingerprint density at radius 2 is 1.28 bits per heavy atom. The van der Waals surface area contributed by atoms with Crippen molar-refractivity contribution in [2.45, 2.75) is 19.9 Å². The Balaban J connectivity index is 1.89. The quantitative estimate of drug-likeness (QED) is 0.485. The Labute approximate surface area is 182 Å². The van der Waals surface area contributed by atoms with Crippen LogP contribution in [0.4, 0.5) is 23.2 Å². The molecule has 3 rings (SSSR count). The van der Waals surface area contributed by atoms with E-state index < -0.39 is 41.1 Å². The Morgan fingerprint density at radius 1 is 0.750 bits per heavy atom. The first-order chi connectivity index (χ1) is 15.2. The summed E-state index contributed by atoms with van der Waals surface area (Å²) in [6.45, 7) is 3.62. The number of rotatable bonds is 6.